The van der Waals surface area contributed by atoms with E-state index in [-0.39, 0.29) is 11.8 Å². The van der Waals surface area contributed by atoms with Crippen LogP contribution in [0.1, 0.15) is 32.8 Å². The Morgan fingerprint density at radius 1 is 1.47 bits per heavy atom. The van der Waals surface area contributed by atoms with E-state index in [0.717, 1.165) is 6.42 Å². The van der Waals surface area contributed by atoms with Crippen molar-refractivity contribution < 1.29 is 14.9 Å². The maximum absolute atomic E-state index is 10.3. The second-order valence-electron chi connectivity index (χ2n) is 4.41. The normalized spacial score (nSPS) is 16.3. The molecule has 0 aliphatic carbocycles. The summed E-state index contributed by atoms with van der Waals surface area (Å²) in [5.41, 5.74) is -0.483. The van der Waals surface area contributed by atoms with Crippen LogP contribution in [0.5, 0.6) is 11.5 Å². The molecule has 17 heavy (non-hydrogen) atoms. The summed E-state index contributed by atoms with van der Waals surface area (Å²) in [7, 11) is 1.48. The van der Waals surface area contributed by atoms with Crippen LogP contribution in [0, 0.1) is 0 Å². The molecule has 0 radical (unpaired) electrons. The summed E-state index contributed by atoms with van der Waals surface area (Å²) >= 11 is 0. The Bertz CT molecular complexity index is 377. The third-order valence-electron chi connectivity index (χ3n) is 2.88. The predicted molar refractivity (Wildman–Crippen MR) is 67.1 cm³/mol. The van der Waals surface area contributed by atoms with E-state index in [0.29, 0.717) is 11.3 Å². The molecule has 2 atom stereocenters. The van der Waals surface area contributed by atoms with Crippen molar-refractivity contribution in [1.82, 2.24) is 5.32 Å². The average Bonchev–Trinajstić information content (AvgIpc) is 2.28. The predicted octanol–water partition coefficient (Wildman–Crippen LogP) is 1.95. The van der Waals surface area contributed by atoms with Crippen LogP contribution in [0.2, 0.25) is 0 Å². The van der Waals surface area contributed by atoms with Crippen LogP contribution in [-0.4, -0.2) is 23.4 Å². The maximum Gasteiger partial charge on any atom is 0.160 e. The molecule has 0 aromatic heterocycles. The van der Waals surface area contributed by atoms with Crippen LogP contribution < -0.4 is 10.1 Å². The van der Waals surface area contributed by atoms with E-state index >= 15 is 0 Å². The first-order chi connectivity index (χ1) is 7.90. The first kappa shape index (κ1) is 13.8. The number of methoxy groups -OCH3 is 1. The lowest BCUT2D eigenvalue weighted by Crippen LogP contribution is -2.44. The number of phenolic OH excluding ortho intramolecular Hbond substituents is 1. The standard InChI is InChI=1S/C13H21NO3/c1-5-9(2)14-13(3,16)10-6-7-11(15)12(8-10)17-4/h6-9,14-16H,5H2,1-4H3. The summed E-state index contributed by atoms with van der Waals surface area (Å²) in [5.74, 6) is 0.421. The highest BCUT2D eigenvalue weighted by Gasteiger charge is 2.25. The summed E-state index contributed by atoms with van der Waals surface area (Å²) in [5, 5.41) is 23.0. The minimum absolute atomic E-state index is 0.0654. The van der Waals surface area contributed by atoms with Gasteiger partial charge in [0.15, 0.2) is 11.5 Å². The molecule has 0 spiro atoms. The molecule has 0 amide bonds. The van der Waals surface area contributed by atoms with Crippen molar-refractivity contribution in [2.24, 2.45) is 0 Å². The summed E-state index contributed by atoms with van der Waals surface area (Å²) in [6.45, 7) is 5.74. The van der Waals surface area contributed by atoms with E-state index in [2.05, 4.69) is 5.32 Å². The number of hydrogen-bond acceptors (Lipinski definition) is 4. The summed E-state index contributed by atoms with van der Waals surface area (Å²) in [6, 6.07) is 5.02. The fourth-order valence-corrected chi connectivity index (χ4v) is 1.65. The lowest BCUT2D eigenvalue weighted by molar-refractivity contribution is 0.00902. The van der Waals surface area contributed by atoms with Gasteiger partial charge in [0, 0.05) is 11.6 Å². The Balaban J connectivity index is 2.98. The lowest BCUT2D eigenvalue weighted by Gasteiger charge is -2.29. The SMILES string of the molecule is CCC(C)NC(C)(O)c1ccc(O)c(OC)c1. The number of aromatic hydroxyl groups is 1. The zero-order chi connectivity index (χ0) is 13.1. The molecule has 0 heterocycles. The summed E-state index contributed by atoms with van der Waals surface area (Å²) < 4.78 is 5.02. The highest BCUT2D eigenvalue weighted by atomic mass is 16.5. The highest BCUT2D eigenvalue weighted by Crippen LogP contribution is 2.30. The fourth-order valence-electron chi connectivity index (χ4n) is 1.65. The Labute approximate surface area is 102 Å². The van der Waals surface area contributed by atoms with Gasteiger partial charge in [-0.3, -0.25) is 5.32 Å². The summed E-state index contributed by atoms with van der Waals surface area (Å²) in [4.78, 5) is 0. The summed E-state index contributed by atoms with van der Waals surface area (Å²) in [6.07, 6.45) is 0.922. The minimum Gasteiger partial charge on any atom is -0.504 e. The number of nitrogens with one attached hydrogen (secondary N) is 1. The monoisotopic (exact) mass is 239 g/mol. The lowest BCUT2D eigenvalue weighted by atomic mass is 10.0. The van der Waals surface area contributed by atoms with Crippen molar-refractivity contribution in [2.75, 3.05) is 7.11 Å². The van der Waals surface area contributed by atoms with Crippen LogP contribution in [0.4, 0.5) is 0 Å². The van der Waals surface area contributed by atoms with Crippen molar-refractivity contribution in [3.8, 4) is 11.5 Å². The van der Waals surface area contributed by atoms with Gasteiger partial charge in [0.05, 0.1) is 7.11 Å². The highest BCUT2D eigenvalue weighted by molar-refractivity contribution is 5.43. The molecule has 0 saturated heterocycles. The first-order valence-electron chi connectivity index (χ1n) is 5.78. The van der Waals surface area contributed by atoms with E-state index in [9.17, 15) is 10.2 Å². The Kier molecular flexibility index (Phi) is 4.37. The zero-order valence-corrected chi connectivity index (χ0v) is 10.8. The zero-order valence-electron chi connectivity index (χ0n) is 10.8. The molecule has 0 fully saturated rings. The molecule has 0 saturated carbocycles. The number of ether oxygens (including phenoxy) is 1. The quantitative estimate of drug-likeness (QED) is 0.687. The largest absolute Gasteiger partial charge is 0.504 e. The minimum atomic E-state index is -1.14. The van der Waals surface area contributed by atoms with Crippen molar-refractivity contribution in [3.05, 3.63) is 23.8 Å². The molecular weight excluding hydrogens is 218 g/mol. The van der Waals surface area contributed by atoms with Crippen LogP contribution in [0.25, 0.3) is 0 Å². The van der Waals surface area contributed by atoms with Gasteiger partial charge in [-0.25, -0.2) is 0 Å². The Hall–Kier alpha value is -1.26. The molecule has 1 aromatic carbocycles. The topological polar surface area (TPSA) is 61.7 Å². The van der Waals surface area contributed by atoms with Gasteiger partial charge in [-0.05, 0) is 32.4 Å². The molecule has 3 N–H and O–H groups in total. The van der Waals surface area contributed by atoms with Crippen LogP contribution in [0.3, 0.4) is 0 Å². The van der Waals surface area contributed by atoms with Crippen molar-refractivity contribution in [3.63, 3.8) is 0 Å². The van der Waals surface area contributed by atoms with E-state index in [4.69, 9.17) is 4.74 Å². The number of phenols is 1. The van der Waals surface area contributed by atoms with Crippen LogP contribution >= 0.6 is 0 Å². The molecule has 96 valence electrons. The molecule has 1 rings (SSSR count). The van der Waals surface area contributed by atoms with Crippen LogP contribution in [0.15, 0.2) is 18.2 Å². The van der Waals surface area contributed by atoms with Gasteiger partial charge in [0.25, 0.3) is 0 Å². The maximum atomic E-state index is 10.3. The Morgan fingerprint density at radius 2 is 2.12 bits per heavy atom. The Morgan fingerprint density at radius 3 is 2.65 bits per heavy atom. The van der Waals surface area contributed by atoms with Gasteiger partial charge < -0.3 is 14.9 Å². The second kappa shape index (κ2) is 5.38. The van der Waals surface area contributed by atoms with E-state index in [1.165, 1.54) is 13.2 Å². The van der Waals surface area contributed by atoms with Gasteiger partial charge in [0.2, 0.25) is 0 Å². The van der Waals surface area contributed by atoms with Crippen molar-refractivity contribution >= 4 is 0 Å². The molecular formula is C13H21NO3. The molecule has 4 nitrogen and oxygen atoms in total. The molecule has 0 bridgehead atoms. The van der Waals surface area contributed by atoms with Gasteiger partial charge in [-0.1, -0.05) is 13.0 Å². The number of benzene rings is 1. The molecule has 0 aliphatic rings. The molecule has 1 aromatic rings. The van der Waals surface area contributed by atoms with Gasteiger partial charge >= 0.3 is 0 Å². The fraction of sp³-hybridized carbons (Fsp3) is 0.538. The van der Waals surface area contributed by atoms with Crippen molar-refractivity contribution in [2.45, 2.75) is 39.0 Å². The van der Waals surface area contributed by atoms with E-state index < -0.39 is 5.72 Å². The first-order valence-corrected chi connectivity index (χ1v) is 5.78. The number of aliphatic hydroxyl groups is 1. The molecule has 4 heteroatoms. The molecule has 0 aliphatic heterocycles. The van der Waals surface area contributed by atoms with E-state index in [1.807, 2.05) is 13.8 Å². The smallest absolute Gasteiger partial charge is 0.160 e. The average molecular weight is 239 g/mol. The number of rotatable bonds is 5. The van der Waals surface area contributed by atoms with E-state index in [1.54, 1.807) is 19.1 Å². The second-order valence-corrected chi connectivity index (χ2v) is 4.41. The third-order valence-corrected chi connectivity index (χ3v) is 2.88. The third kappa shape index (κ3) is 3.35. The van der Waals surface area contributed by atoms with Gasteiger partial charge in [-0.2, -0.15) is 0 Å². The molecule has 2 unspecified atom stereocenters. The van der Waals surface area contributed by atoms with Gasteiger partial charge in [-0.15, -0.1) is 0 Å². The van der Waals surface area contributed by atoms with Gasteiger partial charge in [0.1, 0.15) is 5.72 Å². The number of hydrogen-bond donors (Lipinski definition) is 3. The van der Waals surface area contributed by atoms with Crippen LogP contribution in [-0.2, 0) is 5.72 Å². The van der Waals surface area contributed by atoms with Crippen molar-refractivity contribution in [1.29, 1.82) is 0 Å².